The van der Waals surface area contributed by atoms with Gasteiger partial charge in [0.15, 0.2) is 0 Å². The van der Waals surface area contributed by atoms with Crippen LogP contribution in [0.15, 0.2) is 18.7 Å². The number of aryl methyl sites for hydroxylation is 2. The van der Waals surface area contributed by atoms with Gasteiger partial charge in [-0.15, -0.1) is 0 Å². The number of imidazole rings is 1. The lowest BCUT2D eigenvalue weighted by molar-refractivity contribution is -0.671. The van der Waals surface area contributed by atoms with E-state index in [0.29, 0.717) is 18.9 Å². The predicted octanol–water partition coefficient (Wildman–Crippen LogP) is 16.3. The molecular formula is C59H115BrN2O2. The minimum atomic E-state index is -0.0197. The highest BCUT2D eigenvalue weighted by Crippen LogP contribution is 2.27. The van der Waals surface area contributed by atoms with E-state index in [0.717, 1.165) is 24.7 Å². The molecule has 0 aliphatic heterocycles. The van der Waals surface area contributed by atoms with E-state index in [1.165, 1.54) is 263 Å². The van der Waals surface area contributed by atoms with E-state index in [1.807, 2.05) is 30.3 Å². The number of unbranched alkanes of at least 4 members (excludes halogenated alkanes) is 31. The molecule has 0 N–H and O–H groups in total. The zero-order valence-electron chi connectivity index (χ0n) is 44.5. The lowest BCUT2D eigenvalue weighted by Crippen LogP contribution is -3.00. The number of ether oxygens (including phenoxy) is 1. The molecule has 1 rings (SSSR count). The summed E-state index contributed by atoms with van der Waals surface area (Å²) in [5.41, 5.74) is 0. The van der Waals surface area contributed by atoms with Crippen molar-refractivity contribution in [1.82, 2.24) is 4.57 Å². The summed E-state index contributed by atoms with van der Waals surface area (Å²) in [6.07, 6.45) is 66.8. The first kappa shape index (κ1) is 63.2. The first-order valence-electron chi connectivity index (χ1n) is 29.0. The molecule has 0 saturated heterocycles. The second kappa shape index (κ2) is 48.6. The molecule has 5 heteroatoms. The van der Waals surface area contributed by atoms with E-state index < -0.39 is 0 Å². The number of nitrogens with zero attached hydrogens (tertiary/aromatic N) is 2. The Morgan fingerprint density at radius 2 is 0.844 bits per heavy atom. The van der Waals surface area contributed by atoms with Gasteiger partial charge in [-0.3, -0.25) is 4.79 Å². The van der Waals surface area contributed by atoms with Crippen LogP contribution in [0.2, 0.25) is 0 Å². The van der Waals surface area contributed by atoms with E-state index >= 15 is 0 Å². The lowest BCUT2D eigenvalue weighted by Gasteiger charge is -2.21. The minimum absolute atomic E-state index is 0. The first-order chi connectivity index (χ1) is 30.8. The van der Waals surface area contributed by atoms with Crippen LogP contribution in [0.25, 0.3) is 0 Å². The maximum Gasteiger partial charge on any atom is 0.310 e. The molecule has 1 aromatic rings. The van der Waals surface area contributed by atoms with E-state index in [2.05, 4.69) is 39.2 Å². The van der Waals surface area contributed by atoms with Crippen molar-refractivity contribution in [1.29, 1.82) is 0 Å². The summed E-state index contributed by atoms with van der Waals surface area (Å²) in [5.74, 6) is 2.35. The van der Waals surface area contributed by atoms with Gasteiger partial charge in [0.2, 0.25) is 6.33 Å². The Balaban J connectivity index is 0.0000397. The van der Waals surface area contributed by atoms with Gasteiger partial charge in [-0.25, -0.2) is 9.13 Å². The SMILES string of the molecule is CCCCCCCCCCCCCCCCCCC(CCCCCCCCCCCCCCCCCC)CCCCC(CCC(C)CCCC(C)C)OC(=O)CCn1cc[n+](C)c1.[Br-]. The molecule has 4 nitrogen and oxygen atoms in total. The Morgan fingerprint density at radius 1 is 0.469 bits per heavy atom. The van der Waals surface area contributed by atoms with Crippen LogP contribution in [0.5, 0.6) is 0 Å². The molecule has 0 spiro atoms. The Morgan fingerprint density at radius 3 is 1.22 bits per heavy atom. The monoisotopic (exact) mass is 963 g/mol. The predicted molar refractivity (Wildman–Crippen MR) is 277 cm³/mol. The quantitative estimate of drug-likeness (QED) is 0.0370. The average molecular weight is 964 g/mol. The van der Waals surface area contributed by atoms with Gasteiger partial charge in [0.25, 0.3) is 0 Å². The molecule has 0 aromatic carbocycles. The highest BCUT2D eigenvalue weighted by atomic mass is 79.9. The Kier molecular flexibility index (Phi) is 48.0. The number of halogens is 1. The molecule has 2 atom stereocenters. The van der Waals surface area contributed by atoms with Crippen molar-refractivity contribution in [2.24, 2.45) is 24.8 Å². The van der Waals surface area contributed by atoms with E-state index in [9.17, 15) is 4.79 Å². The third-order valence-electron chi connectivity index (χ3n) is 14.5. The maximum absolute atomic E-state index is 13.1. The number of hydrogen-bond donors (Lipinski definition) is 0. The van der Waals surface area contributed by atoms with Gasteiger partial charge in [-0.2, -0.15) is 0 Å². The zero-order chi connectivity index (χ0) is 45.7. The summed E-state index contributed by atoms with van der Waals surface area (Å²) < 4.78 is 10.4. The number of carbonyl (C=O) groups is 1. The van der Waals surface area contributed by atoms with E-state index in [-0.39, 0.29) is 29.1 Å². The molecule has 380 valence electrons. The number of esters is 1. The number of hydrogen-bond acceptors (Lipinski definition) is 2. The summed E-state index contributed by atoms with van der Waals surface area (Å²) >= 11 is 0. The van der Waals surface area contributed by atoms with E-state index in [1.54, 1.807) is 0 Å². The second-order valence-corrected chi connectivity index (χ2v) is 21.5. The third kappa shape index (κ3) is 43.7. The van der Waals surface area contributed by atoms with Crippen molar-refractivity contribution in [3.8, 4) is 0 Å². The Bertz CT molecular complexity index is 1040. The van der Waals surface area contributed by atoms with Gasteiger partial charge in [0.05, 0.1) is 13.5 Å². The smallest absolute Gasteiger partial charge is 0.310 e. The molecule has 2 unspecified atom stereocenters. The maximum atomic E-state index is 13.1. The number of carbonyl (C=O) groups excluding carboxylic acids is 1. The van der Waals surface area contributed by atoms with Gasteiger partial charge in [-0.1, -0.05) is 285 Å². The number of aromatic nitrogens is 2. The van der Waals surface area contributed by atoms with Crippen LogP contribution in [-0.4, -0.2) is 16.6 Å². The molecule has 1 heterocycles. The van der Waals surface area contributed by atoms with Crippen LogP contribution in [0.3, 0.4) is 0 Å². The van der Waals surface area contributed by atoms with Crippen molar-refractivity contribution in [2.75, 3.05) is 0 Å². The molecule has 0 amide bonds. The molecule has 0 aliphatic carbocycles. The van der Waals surface area contributed by atoms with Crippen molar-refractivity contribution >= 4 is 5.97 Å². The van der Waals surface area contributed by atoms with Gasteiger partial charge in [0, 0.05) is 0 Å². The van der Waals surface area contributed by atoms with Gasteiger partial charge < -0.3 is 21.7 Å². The van der Waals surface area contributed by atoms with Gasteiger partial charge >= 0.3 is 5.97 Å². The highest BCUT2D eigenvalue weighted by Gasteiger charge is 2.18. The largest absolute Gasteiger partial charge is 1.00 e. The average Bonchev–Trinajstić information content (AvgIpc) is 3.69. The number of rotatable bonds is 50. The standard InChI is InChI=1S/C59H115N2O2.BrH/c1-7-9-11-13-15-17-19-21-23-25-27-29-31-33-35-37-44-57(45-38-36-34-32-30-28-26-24-22-20-18-16-14-12-10-8-2)46-39-40-47-58(49-48-56(5)43-41-42-55(3)4)63-59(62)50-51-61-53-52-60(6)54-61;/h52-58H,7-51H2,1-6H3;1H/q+1;/p-1. The minimum Gasteiger partial charge on any atom is -1.00 e. The van der Waals surface area contributed by atoms with Crippen LogP contribution in [0.1, 0.15) is 317 Å². The summed E-state index contributed by atoms with van der Waals surface area (Å²) in [6.45, 7) is 12.4. The topological polar surface area (TPSA) is 35.1 Å². The summed E-state index contributed by atoms with van der Waals surface area (Å²) in [7, 11) is 2.03. The van der Waals surface area contributed by atoms with Crippen molar-refractivity contribution in [3.63, 3.8) is 0 Å². The molecule has 1 aromatic heterocycles. The van der Waals surface area contributed by atoms with Crippen LogP contribution in [-0.2, 0) is 23.1 Å². The molecule has 0 fully saturated rings. The van der Waals surface area contributed by atoms with Crippen LogP contribution in [0, 0.1) is 17.8 Å². The molecule has 0 bridgehead atoms. The third-order valence-corrected chi connectivity index (χ3v) is 14.5. The fraction of sp³-hybridized carbons (Fsp3) is 0.932. The van der Waals surface area contributed by atoms with Crippen molar-refractivity contribution in [3.05, 3.63) is 18.7 Å². The van der Waals surface area contributed by atoms with Crippen LogP contribution in [0.4, 0.5) is 0 Å². The van der Waals surface area contributed by atoms with Gasteiger partial charge in [0.1, 0.15) is 25.0 Å². The van der Waals surface area contributed by atoms with Crippen molar-refractivity contribution < 1.29 is 31.1 Å². The summed E-state index contributed by atoms with van der Waals surface area (Å²) in [5, 5.41) is 0. The normalized spacial score (nSPS) is 12.6. The zero-order valence-corrected chi connectivity index (χ0v) is 46.0. The fourth-order valence-electron chi connectivity index (χ4n) is 10.1. The molecule has 0 saturated carbocycles. The van der Waals surface area contributed by atoms with Crippen molar-refractivity contribution in [2.45, 2.75) is 330 Å². The summed E-state index contributed by atoms with van der Waals surface area (Å²) in [6, 6.07) is 0. The molecule has 0 radical (unpaired) electrons. The fourth-order valence-corrected chi connectivity index (χ4v) is 10.1. The van der Waals surface area contributed by atoms with Gasteiger partial charge in [-0.05, 0) is 43.4 Å². The van der Waals surface area contributed by atoms with E-state index in [4.69, 9.17) is 4.74 Å². The Hall–Kier alpha value is -0.840. The van der Waals surface area contributed by atoms with Crippen LogP contribution < -0.4 is 21.5 Å². The Labute approximate surface area is 413 Å². The first-order valence-corrected chi connectivity index (χ1v) is 29.0. The lowest BCUT2D eigenvalue weighted by atomic mass is 9.89. The summed E-state index contributed by atoms with van der Waals surface area (Å²) in [4.78, 5) is 13.1. The molecule has 0 aliphatic rings. The van der Waals surface area contributed by atoms with Crippen LogP contribution >= 0.6 is 0 Å². The molecular weight excluding hydrogens is 849 g/mol. The highest BCUT2D eigenvalue weighted by molar-refractivity contribution is 5.69. The molecule has 64 heavy (non-hydrogen) atoms. The second-order valence-electron chi connectivity index (χ2n) is 21.5.